The van der Waals surface area contributed by atoms with Gasteiger partial charge in [-0.15, -0.1) is 0 Å². The molecule has 0 spiro atoms. The van der Waals surface area contributed by atoms with Gasteiger partial charge in [0.2, 0.25) is 11.5 Å². The minimum atomic E-state index is -5.40. The number of aromatic nitrogens is 2. The molecule has 0 unspecified atom stereocenters. The highest BCUT2D eigenvalue weighted by atomic mass is 19.4. The molecule has 2 aromatic heterocycles. The Hall–Kier alpha value is -5.31. The number of alkyl halides is 3. The number of rotatable bonds is 9. The van der Waals surface area contributed by atoms with Crippen LogP contribution in [0, 0.1) is 5.82 Å². The largest absolute Gasteiger partial charge is 0.489 e. The Morgan fingerprint density at radius 3 is 2.47 bits per heavy atom. The summed E-state index contributed by atoms with van der Waals surface area (Å²) in [4.78, 5) is 47.4. The van der Waals surface area contributed by atoms with Crippen LogP contribution in [0.25, 0.3) is 22.2 Å². The van der Waals surface area contributed by atoms with Gasteiger partial charge in [-0.2, -0.15) is 13.2 Å². The van der Waals surface area contributed by atoms with Gasteiger partial charge in [0.25, 0.3) is 11.8 Å². The van der Waals surface area contributed by atoms with Gasteiger partial charge in [-0.1, -0.05) is 6.07 Å². The molecule has 47 heavy (non-hydrogen) atoms. The maximum absolute atomic E-state index is 14.8. The number of fused-ring (bicyclic) bond motifs is 2. The number of halogens is 4. The summed E-state index contributed by atoms with van der Waals surface area (Å²) in [7, 11) is 3.04. The normalized spacial score (nSPS) is 16.9. The highest BCUT2D eigenvalue weighted by Crippen LogP contribution is 2.47. The Morgan fingerprint density at radius 2 is 1.83 bits per heavy atom. The lowest BCUT2D eigenvalue weighted by Crippen LogP contribution is -2.51. The highest BCUT2D eigenvalue weighted by Gasteiger charge is 2.57. The van der Waals surface area contributed by atoms with E-state index < -0.39 is 53.7 Å². The zero-order valence-electron chi connectivity index (χ0n) is 25.3. The van der Waals surface area contributed by atoms with E-state index in [1.807, 2.05) is 0 Å². The Morgan fingerprint density at radius 1 is 1.13 bits per heavy atom. The monoisotopic (exact) mass is 655 g/mol. The van der Waals surface area contributed by atoms with E-state index >= 15 is 0 Å². The number of carbonyl (C=O) groups is 3. The first-order chi connectivity index (χ1) is 22.0. The molecule has 3 heterocycles. The Kier molecular flexibility index (Phi) is 8.53. The molecule has 4 N–H and O–H groups in total. The van der Waals surface area contributed by atoms with Gasteiger partial charge in [-0.3, -0.25) is 19.4 Å². The molecular formula is C32H29F4N5O6. The van der Waals surface area contributed by atoms with Crippen LogP contribution in [0.1, 0.15) is 28.5 Å². The second-order valence-electron chi connectivity index (χ2n) is 11.4. The van der Waals surface area contributed by atoms with Crippen molar-refractivity contribution in [1.29, 1.82) is 0 Å². The number of benzene rings is 2. The first kappa shape index (κ1) is 33.1. The van der Waals surface area contributed by atoms with Crippen molar-refractivity contribution >= 4 is 28.6 Å². The van der Waals surface area contributed by atoms with E-state index in [0.717, 1.165) is 18.2 Å². The van der Waals surface area contributed by atoms with E-state index in [-0.39, 0.29) is 46.4 Å². The smallest absolute Gasteiger partial charge is 0.424 e. The fraction of sp³-hybridized carbons (Fsp3) is 0.281. The third kappa shape index (κ3) is 6.13. The SMILES string of the molecule is CN(C)C(=O)COc1cc(C(=O)NC[C@](O)(c2cc3c(c(-c4ccc(F)cc4)n2)OC[C@]3(C)C(N)=O)C(F)(F)F)cc2cccnc12. The molecule has 2 atom stereocenters. The molecule has 2 aromatic carbocycles. The second kappa shape index (κ2) is 12.1. The molecule has 15 heteroatoms. The molecule has 0 saturated heterocycles. The fourth-order valence-corrected chi connectivity index (χ4v) is 4.92. The van der Waals surface area contributed by atoms with Crippen LogP contribution in [-0.4, -0.2) is 77.7 Å². The van der Waals surface area contributed by atoms with Gasteiger partial charge >= 0.3 is 6.18 Å². The average Bonchev–Trinajstić information content (AvgIpc) is 3.39. The van der Waals surface area contributed by atoms with Crippen molar-refractivity contribution in [3.8, 4) is 22.8 Å². The number of hydrogen-bond donors (Lipinski definition) is 3. The Balaban J connectivity index is 1.54. The molecule has 0 aliphatic carbocycles. The molecule has 246 valence electrons. The van der Waals surface area contributed by atoms with E-state index in [9.17, 15) is 37.1 Å². The molecule has 0 radical (unpaired) electrons. The molecule has 11 nitrogen and oxygen atoms in total. The van der Waals surface area contributed by atoms with Crippen LogP contribution in [0.2, 0.25) is 0 Å². The molecular weight excluding hydrogens is 626 g/mol. The van der Waals surface area contributed by atoms with Crippen molar-refractivity contribution < 1.29 is 46.5 Å². The maximum atomic E-state index is 14.8. The summed E-state index contributed by atoms with van der Waals surface area (Å²) in [5, 5.41) is 13.8. The van der Waals surface area contributed by atoms with Gasteiger partial charge in [0.1, 0.15) is 40.5 Å². The second-order valence-corrected chi connectivity index (χ2v) is 11.4. The van der Waals surface area contributed by atoms with E-state index in [4.69, 9.17) is 15.2 Å². The van der Waals surface area contributed by atoms with Crippen LogP contribution >= 0.6 is 0 Å². The van der Waals surface area contributed by atoms with Crippen LogP contribution < -0.4 is 20.5 Å². The van der Waals surface area contributed by atoms with Gasteiger partial charge < -0.3 is 30.5 Å². The number of carbonyl (C=O) groups excluding carboxylic acids is 3. The summed E-state index contributed by atoms with van der Waals surface area (Å²) in [6.07, 6.45) is -3.94. The zero-order valence-corrected chi connectivity index (χ0v) is 25.3. The molecule has 3 amide bonds. The lowest BCUT2D eigenvalue weighted by molar-refractivity contribution is -0.265. The predicted octanol–water partition coefficient (Wildman–Crippen LogP) is 3.22. The number of primary amides is 1. The number of nitrogens with zero attached hydrogens (tertiary/aromatic N) is 3. The van der Waals surface area contributed by atoms with Gasteiger partial charge in [0, 0.05) is 42.4 Å². The summed E-state index contributed by atoms with van der Waals surface area (Å²) >= 11 is 0. The Labute approximate surface area is 265 Å². The maximum Gasteiger partial charge on any atom is 0.424 e. The third-order valence-electron chi connectivity index (χ3n) is 7.91. The summed E-state index contributed by atoms with van der Waals surface area (Å²) in [6, 6.07) is 11.2. The van der Waals surface area contributed by atoms with Crippen molar-refractivity contribution in [3.63, 3.8) is 0 Å². The topological polar surface area (TPSA) is 157 Å². The minimum absolute atomic E-state index is 0.0319. The number of pyridine rings is 2. The van der Waals surface area contributed by atoms with Gasteiger partial charge in [0.05, 0.1) is 12.2 Å². The van der Waals surface area contributed by atoms with Crippen molar-refractivity contribution in [2.24, 2.45) is 5.73 Å². The van der Waals surface area contributed by atoms with Gasteiger partial charge in [-0.05, 0) is 55.5 Å². The third-order valence-corrected chi connectivity index (χ3v) is 7.91. The van der Waals surface area contributed by atoms with Crippen LogP contribution in [0.15, 0.2) is 60.8 Å². The lowest BCUT2D eigenvalue weighted by atomic mass is 9.81. The van der Waals surface area contributed by atoms with Crippen molar-refractivity contribution in [2.45, 2.75) is 24.1 Å². The van der Waals surface area contributed by atoms with Gasteiger partial charge in [0.15, 0.2) is 6.61 Å². The van der Waals surface area contributed by atoms with Crippen molar-refractivity contribution in [2.75, 3.05) is 33.9 Å². The number of nitrogens with two attached hydrogens (primary N) is 1. The van der Waals surface area contributed by atoms with Crippen LogP contribution in [-0.2, 0) is 20.6 Å². The standard InChI is InChI=1S/C32H29F4N5O6/c1-30(29(37)44)16-47-27-21(30)13-23(40-26(27)17-6-8-20(33)9-7-17)31(45,32(34,35)36)15-39-28(43)19-11-18-5-4-10-38-25(18)22(12-19)46-14-24(42)41(2)3/h4-13,45H,14-16H2,1-3H3,(H2,37,44)(H,39,43)/t30-,31-/m0/s1. The summed E-state index contributed by atoms with van der Waals surface area (Å²) in [6.45, 7) is -0.752. The molecule has 1 aliphatic heterocycles. The number of likely N-dealkylation sites (N-methyl/N-ethyl adjacent to an activating group) is 1. The van der Waals surface area contributed by atoms with E-state index in [1.165, 1.54) is 56.4 Å². The van der Waals surface area contributed by atoms with Crippen molar-refractivity contribution in [3.05, 3.63) is 83.4 Å². The zero-order chi connectivity index (χ0) is 34.3. The minimum Gasteiger partial charge on any atom is -0.489 e. The number of amides is 3. The van der Waals surface area contributed by atoms with Crippen LogP contribution in [0.4, 0.5) is 17.6 Å². The van der Waals surface area contributed by atoms with Crippen LogP contribution in [0.3, 0.4) is 0 Å². The van der Waals surface area contributed by atoms with E-state index in [0.29, 0.717) is 10.9 Å². The number of aliphatic hydroxyl groups is 1. The number of nitrogens with one attached hydrogen (secondary N) is 1. The molecule has 0 bridgehead atoms. The summed E-state index contributed by atoms with van der Waals surface area (Å²) in [5.74, 6) is -2.96. The molecule has 0 fully saturated rings. The Bertz CT molecular complexity index is 1880. The lowest BCUT2D eigenvalue weighted by Gasteiger charge is -2.31. The van der Waals surface area contributed by atoms with Crippen molar-refractivity contribution in [1.82, 2.24) is 20.2 Å². The van der Waals surface area contributed by atoms with E-state index in [2.05, 4.69) is 15.3 Å². The van der Waals surface area contributed by atoms with Crippen LogP contribution in [0.5, 0.6) is 11.5 Å². The van der Waals surface area contributed by atoms with Gasteiger partial charge in [-0.25, -0.2) is 9.37 Å². The molecule has 5 rings (SSSR count). The number of ether oxygens (including phenoxy) is 2. The number of hydrogen-bond acceptors (Lipinski definition) is 8. The molecule has 1 aliphatic rings. The summed E-state index contributed by atoms with van der Waals surface area (Å²) < 4.78 is 69.3. The highest BCUT2D eigenvalue weighted by molar-refractivity contribution is 6.00. The quantitative estimate of drug-likeness (QED) is 0.232. The summed E-state index contributed by atoms with van der Waals surface area (Å²) in [5.41, 5.74) is -0.725. The first-order valence-corrected chi connectivity index (χ1v) is 14.1. The fourth-order valence-electron chi connectivity index (χ4n) is 4.92. The average molecular weight is 656 g/mol. The molecule has 4 aromatic rings. The molecule has 0 saturated carbocycles. The predicted molar refractivity (Wildman–Crippen MR) is 160 cm³/mol. The first-order valence-electron chi connectivity index (χ1n) is 14.1. The van der Waals surface area contributed by atoms with E-state index in [1.54, 1.807) is 12.1 Å².